The van der Waals surface area contributed by atoms with Gasteiger partial charge in [0.05, 0.1) is 0 Å². The molecule has 1 rings (SSSR count). The summed E-state index contributed by atoms with van der Waals surface area (Å²) in [5.74, 6) is 1.54. The van der Waals surface area contributed by atoms with E-state index in [1.54, 1.807) is 0 Å². The van der Waals surface area contributed by atoms with Gasteiger partial charge in [-0.15, -0.1) is 0 Å². The molecule has 0 bridgehead atoms. The molecule has 0 fully saturated rings. The first-order valence-electron chi connectivity index (χ1n) is 4.55. The van der Waals surface area contributed by atoms with Crippen molar-refractivity contribution in [3.63, 3.8) is 0 Å². The highest BCUT2D eigenvalue weighted by molar-refractivity contribution is 5.20. The lowest BCUT2D eigenvalue weighted by atomic mass is 9.91. The van der Waals surface area contributed by atoms with Crippen molar-refractivity contribution < 1.29 is 0 Å². The largest absolute Gasteiger partial charge is 0.304 e. The Balaban J connectivity index is 2.21. The van der Waals surface area contributed by atoms with Crippen LogP contribution in [0.5, 0.6) is 0 Å². The first-order valence-corrected chi connectivity index (χ1v) is 4.55. The summed E-state index contributed by atoms with van der Waals surface area (Å²) in [6.45, 7) is 9.14. The van der Waals surface area contributed by atoms with Gasteiger partial charge in [-0.25, -0.2) is 0 Å². The Kier molecular flexibility index (Phi) is 2.72. The average molecular weight is 153 g/mol. The monoisotopic (exact) mass is 153 g/mol. The van der Waals surface area contributed by atoms with E-state index in [1.807, 2.05) is 0 Å². The van der Waals surface area contributed by atoms with Crippen LogP contribution in [0.1, 0.15) is 27.7 Å². The van der Waals surface area contributed by atoms with Crippen LogP contribution in [0.25, 0.3) is 0 Å². The van der Waals surface area contributed by atoms with Gasteiger partial charge in [-0.1, -0.05) is 32.9 Å². The Hall–Kier alpha value is -0.300. The van der Waals surface area contributed by atoms with E-state index >= 15 is 0 Å². The molecule has 64 valence electrons. The molecule has 2 atom stereocenters. The van der Waals surface area contributed by atoms with Crippen LogP contribution in [-0.4, -0.2) is 12.1 Å². The zero-order chi connectivity index (χ0) is 8.43. The van der Waals surface area contributed by atoms with Crippen molar-refractivity contribution in [2.24, 2.45) is 11.8 Å². The maximum absolute atomic E-state index is 3.52. The van der Waals surface area contributed by atoms with E-state index in [9.17, 15) is 0 Å². The lowest BCUT2D eigenvalue weighted by molar-refractivity contribution is 0.317. The molecule has 1 nitrogen and oxygen atoms in total. The quantitative estimate of drug-likeness (QED) is 0.610. The third-order valence-electron chi connectivity index (χ3n) is 2.68. The fraction of sp³-hybridized carbons (Fsp3) is 0.800. The standard InChI is InChI=1S/C10H19N/c1-7(2)8(3)9(4)11-10-5-6-10/h5-11H,1-4H3. The molecule has 2 unspecified atom stereocenters. The van der Waals surface area contributed by atoms with Crippen molar-refractivity contribution in [2.75, 3.05) is 0 Å². The lowest BCUT2D eigenvalue weighted by Gasteiger charge is -2.24. The maximum Gasteiger partial charge on any atom is 0.0439 e. The van der Waals surface area contributed by atoms with Crippen molar-refractivity contribution in [1.29, 1.82) is 0 Å². The number of hydrogen-bond donors (Lipinski definition) is 1. The van der Waals surface area contributed by atoms with E-state index in [0.29, 0.717) is 12.1 Å². The summed E-state index contributed by atoms with van der Waals surface area (Å²) in [6.07, 6.45) is 4.40. The fourth-order valence-electron chi connectivity index (χ4n) is 1.20. The normalized spacial score (nSPS) is 22.3. The Labute approximate surface area is 69.9 Å². The summed E-state index contributed by atoms with van der Waals surface area (Å²) in [6, 6.07) is 1.24. The Morgan fingerprint density at radius 2 is 1.64 bits per heavy atom. The summed E-state index contributed by atoms with van der Waals surface area (Å²) < 4.78 is 0. The Morgan fingerprint density at radius 1 is 1.09 bits per heavy atom. The van der Waals surface area contributed by atoms with Gasteiger partial charge in [0.1, 0.15) is 0 Å². The Morgan fingerprint density at radius 3 is 2.00 bits per heavy atom. The second-order valence-electron chi connectivity index (χ2n) is 3.97. The molecule has 0 aromatic carbocycles. The molecule has 0 aliphatic heterocycles. The molecule has 1 aliphatic carbocycles. The summed E-state index contributed by atoms with van der Waals surface area (Å²) in [5, 5.41) is 3.52. The summed E-state index contributed by atoms with van der Waals surface area (Å²) in [7, 11) is 0. The van der Waals surface area contributed by atoms with E-state index in [2.05, 4.69) is 45.2 Å². The van der Waals surface area contributed by atoms with Gasteiger partial charge in [0, 0.05) is 12.1 Å². The van der Waals surface area contributed by atoms with Gasteiger partial charge in [-0.3, -0.25) is 0 Å². The number of hydrogen-bond acceptors (Lipinski definition) is 1. The minimum Gasteiger partial charge on any atom is -0.304 e. The van der Waals surface area contributed by atoms with E-state index in [4.69, 9.17) is 0 Å². The van der Waals surface area contributed by atoms with Crippen LogP contribution in [0.4, 0.5) is 0 Å². The molecule has 1 N–H and O–H groups in total. The lowest BCUT2D eigenvalue weighted by Crippen LogP contribution is -2.36. The SMILES string of the molecule is CC(C)C(C)C(C)NC1C=C1. The highest BCUT2D eigenvalue weighted by Crippen LogP contribution is 2.16. The van der Waals surface area contributed by atoms with Crippen LogP contribution in [0.15, 0.2) is 12.2 Å². The van der Waals surface area contributed by atoms with E-state index in [0.717, 1.165) is 11.8 Å². The fourth-order valence-corrected chi connectivity index (χ4v) is 1.20. The van der Waals surface area contributed by atoms with Crippen LogP contribution in [0, 0.1) is 11.8 Å². The Bertz CT molecular complexity index is 143. The molecule has 0 amide bonds. The van der Waals surface area contributed by atoms with Crippen LogP contribution < -0.4 is 5.32 Å². The van der Waals surface area contributed by atoms with Crippen molar-refractivity contribution in [1.82, 2.24) is 5.32 Å². The van der Waals surface area contributed by atoms with Crippen LogP contribution >= 0.6 is 0 Å². The molecule has 0 aromatic rings. The maximum atomic E-state index is 3.52. The minimum atomic E-state index is 0.603. The summed E-state index contributed by atoms with van der Waals surface area (Å²) >= 11 is 0. The molecule has 0 heterocycles. The summed E-state index contributed by atoms with van der Waals surface area (Å²) in [4.78, 5) is 0. The first-order chi connectivity index (χ1) is 5.11. The van der Waals surface area contributed by atoms with Gasteiger partial charge in [-0.2, -0.15) is 0 Å². The predicted octanol–water partition coefficient (Wildman–Crippen LogP) is 2.20. The van der Waals surface area contributed by atoms with Crippen LogP contribution in [-0.2, 0) is 0 Å². The van der Waals surface area contributed by atoms with Gasteiger partial charge in [0.2, 0.25) is 0 Å². The van der Waals surface area contributed by atoms with Gasteiger partial charge in [0.15, 0.2) is 0 Å². The smallest absolute Gasteiger partial charge is 0.0439 e. The predicted molar refractivity (Wildman–Crippen MR) is 49.5 cm³/mol. The van der Waals surface area contributed by atoms with Crippen molar-refractivity contribution in [3.05, 3.63) is 12.2 Å². The molecule has 0 radical (unpaired) electrons. The van der Waals surface area contributed by atoms with Crippen LogP contribution in [0.2, 0.25) is 0 Å². The third-order valence-corrected chi connectivity index (χ3v) is 2.68. The second kappa shape index (κ2) is 3.40. The van der Waals surface area contributed by atoms with Gasteiger partial charge < -0.3 is 5.32 Å². The zero-order valence-corrected chi connectivity index (χ0v) is 7.96. The first kappa shape index (κ1) is 8.79. The van der Waals surface area contributed by atoms with E-state index < -0.39 is 0 Å². The van der Waals surface area contributed by atoms with Gasteiger partial charge in [-0.05, 0) is 18.8 Å². The average Bonchev–Trinajstić information content (AvgIpc) is 2.69. The second-order valence-corrected chi connectivity index (χ2v) is 3.97. The van der Waals surface area contributed by atoms with E-state index in [1.165, 1.54) is 0 Å². The van der Waals surface area contributed by atoms with Gasteiger partial charge in [0.25, 0.3) is 0 Å². The molecule has 11 heavy (non-hydrogen) atoms. The zero-order valence-electron chi connectivity index (χ0n) is 7.96. The highest BCUT2D eigenvalue weighted by atomic mass is 15.0. The third kappa shape index (κ3) is 2.66. The molecule has 0 saturated carbocycles. The van der Waals surface area contributed by atoms with Crippen molar-refractivity contribution in [3.8, 4) is 0 Å². The number of rotatable bonds is 4. The van der Waals surface area contributed by atoms with Crippen molar-refractivity contribution >= 4 is 0 Å². The van der Waals surface area contributed by atoms with Gasteiger partial charge >= 0.3 is 0 Å². The van der Waals surface area contributed by atoms with Crippen LogP contribution in [0.3, 0.4) is 0 Å². The molecule has 0 spiro atoms. The number of nitrogens with one attached hydrogen (secondary N) is 1. The van der Waals surface area contributed by atoms with E-state index in [-0.39, 0.29) is 0 Å². The van der Waals surface area contributed by atoms with Crippen molar-refractivity contribution in [2.45, 2.75) is 39.8 Å². The molecule has 1 aliphatic rings. The molecular weight excluding hydrogens is 134 g/mol. The molecule has 1 heteroatoms. The summed E-state index contributed by atoms with van der Waals surface area (Å²) in [5.41, 5.74) is 0. The minimum absolute atomic E-state index is 0.603. The topological polar surface area (TPSA) is 12.0 Å². The molecular formula is C10H19N. The molecule has 0 saturated heterocycles. The highest BCUT2D eigenvalue weighted by Gasteiger charge is 2.19. The molecule has 0 aromatic heterocycles.